The van der Waals surface area contributed by atoms with Crippen molar-refractivity contribution in [3.63, 3.8) is 0 Å². The first-order valence-electron chi connectivity index (χ1n) is 39.8. The van der Waals surface area contributed by atoms with E-state index in [2.05, 4.69) is 19.2 Å². The normalized spacial score (nSPS) is 12.4. The van der Waals surface area contributed by atoms with Crippen molar-refractivity contribution in [1.29, 1.82) is 0 Å². The largest absolute Gasteiger partial charge is 0.466 e. The average Bonchev–Trinajstić information content (AvgIpc) is 3.51. The number of aliphatic hydroxyl groups excluding tert-OH is 2. The van der Waals surface area contributed by atoms with Crippen molar-refractivity contribution < 1.29 is 24.5 Å². The molecule has 0 aromatic carbocycles. The lowest BCUT2D eigenvalue weighted by Gasteiger charge is -2.22. The number of unbranched alkanes of at least 4 members (excludes halogenated alkanes) is 65. The van der Waals surface area contributed by atoms with E-state index in [1.165, 1.54) is 398 Å². The molecule has 3 N–H and O–H groups in total. The van der Waals surface area contributed by atoms with Crippen LogP contribution < -0.4 is 5.32 Å². The van der Waals surface area contributed by atoms with Crippen molar-refractivity contribution in [2.75, 3.05) is 13.2 Å². The average molecular weight is 1200 g/mol. The van der Waals surface area contributed by atoms with Crippen LogP contribution in [0, 0.1) is 0 Å². The van der Waals surface area contributed by atoms with Gasteiger partial charge in [-0.25, -0.2) is 0 Å². The van der Waals surface area contributed by atoms with Crippen molar-refractivity contribution in [2.45, 2.75) is 482 Å². The van der Waals surface area contributed by atoms with E-state index in [9.17, 15) is 19.8 Å². The second kappa shape index (κ2) is 75.3. The monoisotopic (exact) mass is 1200 g/mol. The van der Waals surface area contributed by atoms with Gasteiger partial charge in [-0.2, -0.15) is 0 Å². The van der Waals surface area contributed by atoms with E-state index in [1.54, 1.807) is 0 Å². The molecule has 2 unspecified atom stereocenters. The third kappa shape index (κ3) is 71.8. The molecule has 0 rings (SSSR count). The third-order valence-corrected chi connectivity index (χ3v) is 19.2. The zero-order chi connectivity index (χ0) is 61.3. The summed E-state index contributed by atoms with van der Waals surface area (Å²) >= 11 is 0. The summed E-state index contributed by atoms with van der Waals surface area (Å²) in [5.41, 5.74) is 0. The molecule has 0 aromatic rings. The molecule has 0 saturated carbocycles. The van der Waals surface area contributed by atoms with Gasteiger partial charge in [0.25, 0.3) is 0 Å². The highest BCUT2D eigenvalue weighted by molar-refractivity contribution is 5.76. The molecule has 0 fully saturated rings. The summed E-state index contributed by atoms with van der Waals surface area (Å²) in [4.78, 5) is 24.7. The Labute approximate surface area is 534 Å². The third-order valence-electron chi connectivity index (χ3n) is 19.2. The maximum absolute atomic E-state index is 12.6. The quantitative estimate of drug-likeness (QED) is 0.0417. The summed E-state index contributed by atoms with van der Waals surface area (Å²) in [7, 11) is 0. The van der Waals surface area contributed by atoms with Crippen LogP contribution in [-0.2, 0) is 14.3 Å². The first-order valence-corrected chi connectivity index (χ1v) is 39.8. The fraction of sp³-hybridized carbons (Fsp3) is 0.975. The number of nitrogens with one attached hydrogen (secondary N) is 1. The van der Waals surface area contributed by atoms with Gasteiger partial charge in [-0.1, -0.05) is 431 Å². The van der Waals surface area contributed by atoms with E-state index in [0.29, 0.717) is 25.9 Å². The van der Waals surface area contributed by atoms with Crippen LogP contribution in [0.3, 0.4) is 0 Å². The SMILES string of the molecule is CCCCCCCCCCCCCCCCCCCCCCCCCC(O)C(CO)NC(=O)CCCCCCCCCCCCCCCCCCCCCCCCCCCCOC(=O)CCCCCCCCCCCCCCCCCCCCC. The topological polar surface area (TPSA) is 95.9 Å². The van der Waals surface area contributed by atoms with Gasteiger partial charge in [-0.3, -0.25) is 9.59 Å². The molecule has 0 aromatic heterocycles. The van der Waals surface area contributed by atoms with Gasteiger partial charge in [0.05, 0.1) is 25.4 Å². The number of ether oxygens (including phenoxy) is 1. The molecule has 0 radical (unpaired) electrons. The second-order valence-electron chi connectivity index (χ2n) is 27.8. The number of amides is 1. The molecule has 0 aliphatic rings. The smallest absolute Gasteiger partial charge is 0.305 e. The molecular weight excluding hydrogens is 1040 g/mol. The van der Waals surface area contributed by atoms with Crippen LogP contribution in [0.25, 0.3) is 0 Å². The van der Waals surface area contributed by atoms with Crippen molar-refractivity contribution in [3.05, 3.63) is 0 Å². The molecule has 0 heterocycles. The predicted molar refractivity (Wildman–Crippen MR) is 375 cm³/mol. The van der Waals surface area contributed by atoms with Crippen molar-refractivity contribution in [1.82, 2.24) is 5.32 Å². The molecule has 0 spiro atoms. The van der Waals surface area contributed by atoms with E-state index in [1.807, 2.05) is 0 Å². The minimum atomic E-state index is -0.663. The lowest BCUT2D eigenvalue weighted by molar-refractivity contribution is -0.143. The number of carbonyl (C=O) groups excluding carboxylic acids is 2. The van der Waals surface area contributed by atoms with Gasteiger partial charge >= 0.3 is 5.97 Å². The van der Waals surface area contributed by atoms with Crippen LogP contribution >= 0.6 is 0 Å². The van der Waals surface area contributed by atoms with Gasteiger partial charge in [0.1, 0.15) is 0 Å². The molecule has 0 aliphatic heterocycles. The Balaban J connectivity index is 3.33. The highest BCUT2D eigenvalue weighted by Crippen LogP contribution is 2.21. The Morgan fingerprint density at radius 3 is 0.718 bits per heavy atom. The molecule has 1 amide bonds. The number of esters is 1. The highest BCUT2D eigenvalue weighted by Gasteiger charge is 2.20. The summed E-state index contributed by atoms with van der Waals surface area (Å²) in [5, 5.41) is 23.5. The van der Waals surface area contributed by atoms with Crippen LogP contribution in [0.15, 0.2) is 0 Å². The fourth-order valence-corrected chi connectivity index (χ4v) is 13.1. The van der Waals surface area contributed by atoms with Gasteiger partial charge in [0.2, 0.25) is 5.91 Å². The molecule has 0 aliphatic carbocycles. The summed E-state index contributed by atoms with van der Waals surface area (Å²) in [6, 6.07) is -0.540. The summed E-state index contributed by atoms with van der Waals surface area (Å²) in [6.45, 7) is 5.02. The van der Waals surface area contributed by atoms with Crippen LogP contribution in [0.1, 0.15) is 470 Å². The van der Waals surface area contributed by atoms with Gasteiger partial charge < -0.3 is 20.3 Å². The molecule has 6 heteroatoms. The zero-order valence-corrected chi connectivity index (χ0v) is 58.4. The van der Waals surface area contributed by atoms with E-state index < -0.39 is 12.1 Å². The Morgan fingerprint density at radius 1 is 0.282 bits per heavy atom. The highest BCUT2D eigenvalue weighted by atomic mass is 16.5. The second-order valence-corrected chi connectivity index (χ2v) is 27.8. The predicted octanol–water partition coefficient (Wildman–Crippen LogP) is 26.1. The Bertz CT molecular complexity index is 1240. The number of hydrogen-bond donors (Lipinski definition) is 3. The van der Waals surface area contributed by atoms with Crippen LogP contribution in [0.4, 0.5) is 0 Å². The van der Waals surface area contributed by atoms with Gasteiger partial charge in [-0.05, 0) is 25.7 Å². The Kier molecular flexibility index (Phi) is 74.3. The molecule has 85 heavy (non-hydrogen) atoms. The molecular formula is C79H157NO5. The molecule has 508 valence electrons. The van der Waals surface area contributed by atoms with Gasteiger partial charge in [0, 0.05) is 12.8 Å². The summed E-state index contributed by atoms with van der Waals surface area (Å²) < 4.78 is 5.52. The van der Waals surface area contributed by atoms with E-state index in [0.717, 1.165) is 38.5 Å². The minimum Gasteiger partial charge on any atom is -0.466 e. The van der Waals surface area contributed by atoms with Gasteiger partial charge in [0.15, 0.2) is 0 Å². The molecule has 0 saturated heterocycles. The van der Waals surface area contributed by atoms with Crippen LogP contribution in [0.2, 0.25) is 0 Å². The van der Waals surface area contributed by atoms with Crippen molar-refractivity contribution in [2.24, 2.45) is 0 Å². The molecule has 2 atom stereocenters. The number of carbonyl (C=O) groups is 2. The van der Waals surface area contributed by atoms with E-state index in [4.69, 9.17) is 4.74 Å². The maximum Gasteiger partial charge on any atom is 0.305 e. The first kappa shape index (κ1) is 83.9. The van der Waals surface area contributed by atoms with Gasteiger partial charge in [-0.15, -0.1) is 0 Å². The van der Waals surface area contributed by atoms with E-state index in [-0.39, 0.29) is 18.5 Å². The fourth-order valence-electron chi connectivity index (χ4n) is 13.1. The van der Waals surface area contributed by atoms with Crippen LogP contribution in [-0.4, -0.2) is 47.4 Å². The van der Waals surface area contributed by atoms with Crippen molar-refractivity contribution in [3.8, 4) is 0 Å². The number of hydrogen-bond acceptors (Lipinski definition) is 5. The van der Waals surface area contributed by atoms with E-state index >= 15 is 0 Å². The maximum atomic E-state index is 12.6. The Morgan fingerprint density at radius 2 is 0.482 bits per heavy atom. The molecule has 6 nitrogen and oxygen atoms in total. The van der Waals surface area contributed by atoms with Crippen LogP contribution in [0.5, 0.6) is 0 Å². The lowest BCUT2D eigenvalue weighted by atomic mass is 10.0. The first-order chi connectivity index (χ1) is 42.0. The summed E-state index contributed by atoms with van der Waals surface area (Å²) in [5.74, 6) is -0.00227. The number of aliphatic hydroxyl groups is 2. The molecule has 0 bridgehead atoms. The number of rotatable bonds is 76. The summed E-state index contributed by atoms with van der Waals surface area (Å²) in [6.07, 6.45) is 93.3. The minimum absolute atomic E-state index is 0.0239. The standard InChI is InChI=1S/C79H157NO5/c1-3-5-7-9-11-13-15-17-19-21-23-24-29-32-36-39-43-47-51-55-59-63-67-71-77(82)76(75-81)80-78(83)72-68-64-60-56-52-48-44-40-37-33-30-27-25-26-28-31-34-38-42-46-50-54-58-62-66-70-74-85-79(84)73-69-65-61-57-53-49-45-41-35-22-20-18-16-14-12-10-8-6-4-2/h76-77,81-82H,3-75H2,1-2H3,(H,80,83). The Hall–Kier alpha value is -1.14. The van der Waals surface area contributed by atoms with Crippen molar-refractivity contribution >= 4 is 11.9 Å². The zero-order valence-electron chi connectivity index (χ0n) is 58.4. The lowest BCUT2D eigenvalue weighted by Crippen LogP contribution is -2.45.